The number of anilines is 1. The number of pyridine rings is 1. The van der Waals surface area contributed by atoms with E-state index in [0.29, 0.717) is 5.56 Å². The molecule has 0 spiro atoms. The average Bonchev–Trinajstić information content (AvgIpc) is 2.59. The van der Waals surface area contributed by atoms with Gasteiger partial charge in [0.15, 0.2) is 6.61 Å². The zero-order valence-electron chi connectivity index (χ0n) is 13.1. The summed E-state index contributed by atoms with van der Waals surface area (Å²) in [5.41, 5.74) is 0.522. The van der Waals surface area contributed by atoms with Crippen molar-refractivity contribution in [3.63, 3.8) is 0 Å². The normalized spacial score (nSPS) is 10.7. The second-order valence-electron chi connectivity index (χ2n) is 5.02. The summed E-state index contributed by atoms with van der Waals surface area (Å²) in [5.74, 6) is -0.844. The van der Waals surface area contributed by atoms with Gasteiger partial charge in [0.1, 0.15) is 11.9 Å². The van der Waals surface area contributed by atoms with Crippen LogP contribution in [0.5, 0.6) is 5.88 Å². The minimum atomic E-state index is -4.48. The van der Waals surface area contributed by atoms with Gasteiger partial charge in [0.25, 0.3) is 0 Å². The molecule has 1 heterocycles. The molecule has 0 aliphatic heterocycles. The van der Waals surface area contributed by atoms with E-state index < -0.39 is 24.6 Å². The predicted octanol–water partition coefficient (Wildman–Crippen LogP) is 3.36. The molecule has 2 aromatic rings. The van der Waals surface area contributed by atoms with E-state index in [1.165, 1.54) is 24.4 Å². The molecule has 6 nitrogen and oxygen atoms in total. The lowest BCUT2D eigenvalue weighted by molar-refractivity contribution is -0.154. The first-order valence-electron chi connectivity index (χ1n) is 7.16. The monoisotopic (exact) mass is 368 g/mol. The summed E-state index contributed by atoms with van der Waals surface area (Å²) in [6.45, 7) is -1.50. The van der Waals surface area contributed by atoms with Gasteiger partial charge < -0.3 is 15.4 Å². The predicted molar refractivity (Wildman–Crippen MR) is 82.8 cm³/mol. The molecule has 136 valence electrons. The molecule has 2 rings (SSSR count). The molecule has 2 N–H and O–H groups in total. The summed E-state index contributed by atoms with van der Waals surface area (Å²) in [4.78, 5) is 15.5. The number of nitriles is 1. The third kappa shape index (κ3) is 5.94. The number of carbonyl (C=O) groups excluding carboxylic acids is 1. The van der Waals surface area contributed by atoms with Crippen molar-refractivity contribution in [2.45, 2.75) is 12.7 Å². The first kappa shape index (κ1) is 19.0. The molecule has 0 fully saturated rings. The number of urea groups is 1. The summed E-state index contributed by atoms with van der Waals surface area (Å²) < 4.78 is 53.9. The number of halogens is 4. The van der Waals surface area contributed by atoms with E-state index in [1.807, 2.05) is 0 Å². The fraction of sp³-hybridized carbons (Fsp3) is 0.188. The first-order chi connectivity index (χ1) is 12.3. The van der Waals surface area contributed by atoms with E-state index in [0.717, 1.165) is 12.1 Å². The number of amides is 2. The molecular weight excluding hydrogens is 356 g/mol. The van der Waals surface area contributed by atoms with E-state index in [4.69, 9.17) is 5.26 Å². The van der Waals surface area contributed by atoms with Gasteiger partial charge in [-0.2, -0.15) is 18.4 Å². The smallest absolute Gasteiger partial charge is 0.422 e. The van der Waals surface area contributed by atoms with Crippen molar-refractivity contribution in [1.82, 2.24) is 10.3 Å². The Labute approximate surface area is 145 Å². The molecule has 0 unspecified atom stereocenters. The van der Waals surface area contributed by atoms with Gasteiger partial charge in [0.05, 0.1) is 11.3 Å². The summed E-state index contributed by atoms with van der Waals surface area (Å²) in [5, 5.41) is 13.8. The number of ether oxygens (including phenoxy) is 1. The van der Waals surface area contributed by atoms with Crippen LogP contribution in [0.3, 0.4) is 0 Å². The molecule has 10 heteroatoms. The van der Waals surface area contributed by atoms with Crippen LogP contribution in [-0.2, 0) is 6.54 Å². The standard InChI is InChI=1S/C16H12F4N4O2/c17-12-1-2-13(11(6-12)7-21)24-15(25)23-8-10-3-4-22-14(5-10)26-9-16(18,19)20/h1-6H,8-9H2,(H2,23,24,25). The zero-order valence-corrected chi connectivity index (χ0v) is 13.1. The molecule has 1 aromatic heterocycles. The molecule has 0 atom stereocenters. The van der Waals surface area contributed by atoms with Crippen molar-refractivity contribution in [2.75, 3.05) is 11.9 Å². The maximum atomic E-state index is 13.0. The molecule has 0 aliphatic carbocycles. The SMILES string of the molecule is N#Cc1cc(F)ccc1NC(=O)NCc1ccnc(OCC(F)(F)F)c1. The van der Waals surface area contributed by atoms with Gasteiger partial charge in [0, 0.05) is 18.8 Å². The molecule has 1 aromatic carbocycles. The quantitative estimate of drug-likeness (QED) is 0.793. The van der Waals surface area contributed by atoms with E-state index in [1.54, 1.807) is 6.07 Å². The van der Waals surface area contributed by atoms with Crippen LogP contribution < -0.4 is 15.4 Å². The van der Waals surface area contributed by atoms with E-state index in [9.17, 15) is 22.4 Å². The molecular formula is C16H12F4N4O2. The lowest BCUT2D eigenvalue weighted by atomic mass is 10.2. The van der Waals surface area contributed by atoms with Gasteiger partial charge >= 0.3 is 12.2 Å². The largest absolute Gasteiger partial charge is 0.468 e. The van der Waals surface area contributed by atoms with Crippen LogP contribution in [0.1, 0.15) is 11.1 Å². The van der Waals surface area contributed by atoms with E-state index >= 15 is 0 Å². The minimum absolute atomic E-state index is 0.0280. The Morgan fingerprint density at radius 3 is 2.73 bits per heavy atom. The second-order valence-corrected chi connectivity index (χ2v) is 5.02. The number of nitrogens with one attached hydrogen (secondary N) is 2. The fourth-order valence-corrected chi connectivity index (χ4v) is 1.86. The van der Waals surface area contributed by atoms with E-state index in [2.05, 4.69) is 20.4 Å². The Hall–Kier alpha value is -3.35. The lowest BCUT2D eigenvalue weighted by Crippen LogP contribution is -2.28. The van der Waals surface area contributed by atoms with Crippen LogP contribution >= 0.6 is 0 Å². The Bertz CT molecular complexity index is 834. The Kier molecular flexibility index (Phi) is 5.95. The number of benzene rings is 1. The number of alkyl halides is 3. The molecule has 0 radical (unpaired) electrons. The summed E-state index contributed by atoms with van der Waals surface area (Å²) >= 11 is 0. The number of hydrogen-bond donors (Lipinski definition) is 2. The third-order valence-electron chi connectivity index (χ3n) is 2.99. The van der Waals surface area contributed by atoms with Gasteiger partial charge in [-0.3, -0.25) is 0 Å². The van der Waals surface area contributed by atoms with Gasteiger partial charge in [-0.05, 0) is 29.8 Å². The zero-order chi connectivity index (χ0) is 19.2. The van der Waals surface area contributed by atoms with Crippen LogP contribution in [0.15, 0.2) is 36.5 Å². The highest BCUT2D eigenvalue weighted by Gasteiger charge is 2.28. The summed E-state index contributed by atoms with van der Waals surface area (Å²) in [7, 11) is 0. The Morgan fingerprint density at radius 1 is 1.27 bits per heavy atom. The van der Waals surface area contributed by atoms with Crippen LogP contribution in [-0.4, -0.2) is 23.8 Å². The molecule has 0 bridgehead atoms. The second kappa shape index (κ2) is 8.15. The van der Waals surface area contributed by atoms with Gasteiger partial charge in [-0.15, -0.1) is 0 Å². The highest BCUT2D eigenvalue weighted by Crippen LogP contribution is 2.18. The molecule has 0 aliphatic rings. The molecule has 26 heavy (non-hydrogen) atoms. The maximum Gasteiger partial charge on any atom is 0.422 e. The van der Waals surface area contributed by atoms with Gasteiger partial charge in [-0.1, -0.05) is 0 Å². The summed E-state index contributed by atoms with van der Waals surface area (Å²) in [6, 6.07) is 7.11. The molecule has 0 saturated carbocycles. The number of aromatic nitrogens is 1. The maximum absolute atomic E-state index is 13.0. The van der Waals surface area contributed by atoms with Gasteiger partial charge in [-0.25, -0.2) is 14.2 Å². The Balaban J connectivity index is 1.92. The molecule has 0 saturated heterocycles. The van der Waals surface area contributed by atoms with Crippen LogP contribution in [0, 0.1) is 17.1 Å². The van der Waals surface area contributed by atoms with Crippen molar-refractivity contribution in [3.05, 3.63) is 53.5 Å². The topological polar surface area (TPSA) is 87.0 Å². The third-order valence-corrected chi connectivity index (χ3v) is 2.99. The number of rotatable bonds is 5. The summed E-state index contributed by atoms with van der Waals surface area (Å²) in [6.07, 6.45) is -3.24. The van der Waals surface area contributed by atoms with Crippen LogP contribution in [0.4, 0.5) is 28.0 Å². The van der Waals surface area contributed by atoms with Crippen molar-refractivity contribution in [2.24, 2.45) is 0 Å². The number of nitrogens with zero attached hydrogens (tertiary/aromatic N) is 2. The fourth-order valence-electron chi connectivity index (χ4n) is 1.86. The van der Waals surface area contributed by atoms with Crippen LogP contribution in [0.2, 0.25) is 0 Å². The number of carbonyl (C=O) groups is 1. The first-order valence-corrected chi connectivity index (χ1v) is 7.16. The highest BCUT2D eigenvalue weighted by atomic mass is 19.4. The van der Waals surface area contributed by atoms with E-state index in [-0.39, 0.29) is 23.7 Å². The van der Waals surface area contributed by atoms with Crippen molar-refractivity contribution in [1.29, 1.82) is 5.26 Å². The van der Waals surface area contributed by atoms with Crippen molar-refractivity contribution >= 4 is 11.7 Å². The number of hydrogen-bond acceptors (Lipinski definition) is 4. The van der Waals surface area contributed by atoms with Crippen molar-refractivity contribution < 1.29 is 27.1 Å². The Morgan fingerprint density at radius 2 is 2.04 bits per heavy atom. The molecule has 2 amide bonds. The average molecular weight is 368 g/mol. The van der Waals surface area contributed by atoms with Crippen molar-refractivity contribution in [3.8, 4) is 11.9 Å². The minimum Gasteiger partial charge on any atom is -0.468 e. The van der Waals surface area contributed by atoms with Crippen LogP contribution in [0.25, 0.3) is 0 Å². The highest BCUT2D eigenvalue weighted by molar-refractivity contribution is 5.90. The lowest BCUT2D eigenvalue weighted by Gasteiger charge is -2.11. The van der Waals surface area contributed by atoms with Gasteiger partial charge in [0.2, 0.25) is 5.88 Å².